The van der Waals surface area contributed by atoms with E-state index in [-0.39, 0.29) is 30.1 Å². The fraction of sp³-hybridized carbons (Fsp3) is 0.300. The van der Waals surface area contributed by atoms with Crippen molar-refractivity contribution in [2.45, 2.75) is 44.0 Å². The molecule has 0 unspecified atom stereocenters. The van der Waals surface area contributed by atoms with E-state index in [1.54, 1.807) is 25.1 Å². The molecule has 37 heavy (non-hydrogen) atoms. The van der Waals surface area contributed by atoms with Gasteiger partial charge in [-0.2, -0.15) is 0 Å². The van der Waals surface area contributed by atoms with Crippen molar-refractivity contribution in [3.8, 4) is 0 Å². The van der Waals surface area contributed by atoms with E-state index in [0.717, 1.165) is 30.4 Å². The van der Waals surface area contributed by atoms with Crippen LogP contribution in [0.25, 0.3) is 10.9 Å². The lowest BCUT2D eigenvalue weighted by Gasteiger charge is -2.21. The molecule has 0 bridgehead atoms. The van der Waals surface area contributed by atoms with E-state index in [0.29, 0.717) is 22.3 Å². The highest BCUT2D eigenvalue weighted by molar-refractivity contribution is 5.94. The molecule has 5 rings (SSSR count). The number of para-hydroxylation sites is 1. The number of fused-ring (bicyclic) bond motifs is 1. The standard InChI is InChI=1S/C30H32N4O3/c1-33(19-27-32-25-11-7-6-10-24(25)30(37)34(27)2)29(36)22-14-12-20(13-15-22)18-23-16-17-26(31-23)28(35)21-8-4-3-5-9-21/h3-15,23,26,28,31,35H,16-19H2,1-2H3/t23-,26+,28+/m0/s1. The Bertz CT molecular complexity index is 1450. The van der Waals surface area contributed by atoms with E-state index in [4.69, 9.17) is 0 Å². The number of carbonyl (C=O) groups is 1. The first-order valence-corrected chi connectivity index (χ1v) is 12.7. The summed E-state index contributed by atoms with van der Waals surface area (Å²) in [5.74, 6) is 0.412. The Hall–Kier alpha value is -3.81. The van der Waals surface area contributed by atoms with Crippen LogP contribution in [0.3, 0.4) is 0 Å². The SMILES string of the molecule is CN(Cc1nc2ccccc2c(=O)n1C)C(=O)c1ccc(C[C@@H]2CC[C@H]([C@H](O)c3ccccc3)N2)cc1. The zero-order valence-electron chi connectivity index (χ0n) is 21.2. The van der Waals surface area contributed by atoms with Crippen LogP contribution in [-0.2, 0) is 20.0 Å². The van der Waals surface area contributed by atoms with Gasteiger partial charge in [-0.3, -0.25) is 14.2 Å². The third-order valence-corrected chi connectivity index (χ3v) is 7.28. The second-order valence-corrected chi connectivity index (χ2v) is 9.87. The van der Waals surface area contributed by atoms with Crippen LogP contribution in [0.15, 0.2) is 83.7 Å². The number of rotatable bonds is 7. The maximum absolute atomic E-state index is 13.1. The number of hydrogen-bond acceptors (Lipinski definition) is 5. The van der Waals surface area contributed by atoms with Gasteiger partial charge >= 0.3 is 0 Å². The zero-order valence-corrected chi connectivity index (χ0v) is 21.2. The van der Waals surface area contributed by atoms with Crippen molar-refractivity contribution in [1.82, 2.24) is 19.8 Å². The molecular weight excluding hydrogens is 464 g/mol. The summed E-state index contributed by atoms with van der Waals surface area (Å²) < 4.78 is 1.51. The van der Waals surface area contributed by atoms with Gasteiger partial charge in [0.25, 0.3) is 11.5 Å². The van der Waals surface area contributed by atoms with Crippen molar-refractivity contribution in [3.05, 3.63) is 112 Å². The molecule has 7 heteroatoms. The van der Waals surface area contributed by atoms with Crippen molar-refractivity contribution in [1.29, 1.82) is 0 Å². The first-order valence-electron chi connectivity index (χ1n) is 12.7. The summed E-state index contributed by atoms with van der Waals surface area (Å²) in [5, 5.41) is 14.9. The smallest absolute Gasteiger partial charge is 0.261 e. The molecular formula is C30H32N4O3. The molecule has 0 saturated carbocycles. The number of nitrogens with zero attached hydrogens (tertiary/aromatic N) is 3. The molecule has 1 fully saturated rings. The van der Waals surface area contributed by atoms with Gasteiger partial charge in [0, 0.05) is 31.7 Å². The molecule has 0 spiro atoms. The van der Waals surface area contributed by atoms with Gasteiger partial charge in [-0.1, -0.05) is 54.6 Å². The highest BCUT2D eigenvalue weighted by atomic mass is 16.3. The maximum atomic E-state index is 13.1. The third kappa shape index (κ3) is 5.33. The van der Waals surface area contributed by atoms with E-state index in [1.165, 1.54) is 4.57 Å². The number of nitrogens with one attached hydrogen (secondary N) is 1. The van der Waals surface area contributed by atoms with E-state index in [9.17, 15) is 14.7 Å². The van der Waals surface area contributed by atoms with Gasteiger partial charge in [-0.15, -0.1) is 0 Å². The summed E-state index contributed by atoms with van der Waals surface area (Å²) in [6.45, 7) is 0.230. The van der Waals surface area contributed by atoms with E-state index in [2.05, 4.69) is 10.3 Å². The quantitative estimate of drug-likeness (QED) is 0.408. The Morgan fingerprint density at radius 1 is 1.05 bits per heavy atom. The lowest BCUT2D eigenvalue weighted by molar-refractivity contribution is 0.0780. The number of carbonyl (C=O) groups excluding carboxylic acids is 1. The average molecular weight is 497 g/mol. The molecule has 1 aliphatic rings. The van der Waals surface area contributed by atoms with Gasteiger partial charge in [-0.25, -0.2) is 4.98 Å². The van der Waals surface area contributed by atoms with Gasteiger partial charge in [0.2, 0.25) is 0 Å². The minimum atomic E-state index is -0.515. The second-order valence-electron chi connectivity index (χ2n) is 9.87. The molecule has 4 aromatic rings. The van der Waals surface area contributed by atoms with Crippen LogP contribution in [-0.4, -0.2) is 44.6 Å². The van der Waals surface area contributed by atoms with Crippen LogP contribution in [0.4, 0.5) is 0 Å². The number of hydrogen-bond donors (Lipinski definition) is 2. The molecule has 0 radical (unpaired) electrons. The molecule has 3 aromatic carbocycles. The fourth-order valence-corrected chi connectivity index (χ4v) is 5.12. The first kappa shape index (κ1) is 24.9. The van der Waals surface area contributed by atoms with E-state index in [1.807, 2.05) is 72.8 Å². The van der Waals surface area contributed by atoms with Crippen LogP contribution in [0.5, 0.6) is 0 Å². The molecule has 1 saturated heterocycles. The predicted octanol–water partition coefficient (Wildman–Crippen LogP) is 3.60. The Balaban J connectivity index is 1.20. The lowest BCUT2D eigenvalue weighted by Crippen LogP contribution is -2.35. The lowest BCUT2D eigenvalue weighted by atomic mass is 10.0. The summed E-state index contributed by atoms with van der Waals surface area (Å²) in [4.78, 5) is 32.0. The topological polar surface area (TPSA) is 87.5 Å². The van der Waals surface area contributed by atoms with Gasteiger partial charge < -0.3 is 15.3 Å². The normalized spacial score (nSPS) is 18.1. The van der Waals surface area contributed by atoms with Crippen molar-refractivity contribution in [2.24, 2.45) is 7.05 Å². The second kappa shape index (κ2) is 10.7. The zero-order chi connectivity index (χ0) is 25.9. The van der Waals surface area contributed by atoms with Crippen LogP contribution < -0.4 is 10.9 Å². The number of aliphatic hydroxyl groups is 1. The summed E-state index contributed by atoms with van der Waals surface area (Å²) in [7, 11) is 3.41. The Kier molecular flexibility index (Phi) is 7.17. The molecule has 1 aliphatic heterocycles. The summed E-state index contributed by atoms with van der Waals surface area (Å²) in [6.07, 6.45) is 2.24. The molecule has 3 atom stereocenters. The van der Waals surface area contributed by atoms with Crippen molar-refractivity contribution in [3.63, 3.8) is 0 Å². The largest absolute Gasteiger partial charge is 0.387 e. The number of benzene rings is 3. The van der Waals surface area contributed by atoms with Crippen molar-refractivity contribution < 1.29 is 9.90 Å². The van der Waals surface area contributed by atoms with Gasteiger partial charge in [0.15, 0.2) is 0 Å². The molecule has 190 valence electrons. The fourth-order valence-electron chi connectivity index (χ4n) is 5.12. The summed E-state index contributed by atoms with van der Waals surface area (Å²) in [5.41, 5.74) is 3.18. The van der Waals surface area contributed by atoms with Crippen LogP contribution in [0.2, 0.25) is 0 Å². The number of aliphatic hydroxyl groups excluding tert-OH is 1. The van der Waals surface area contributed by atoms with Crippen molar-refractivity contribution in [2.75, 3.05) is 7.05 Å². The summed E-state index contributed by atoms with van der Waals surface area (Å²) in [6, 6.07) is 25.0. The van der Waals surface area contributed by atoms with Crippen LogP contribution in [0, 0.1) is 0 Å². The van der Waals surface area contributed by atoms with Crippen LogP contribution >= 0.6 is 0 Å². The number of amides is 1. The highest BCUT2D eigenvalue weighted by Crippen LogP contribution is 2.26. The molecule has 2 heterocycles. The molecule has 1 aromatic heterocycles. The van der Waals surface area contributed by atoms with E-state index < -0.39 is 6.10 Å². The predicted molar refractivity (Wildman–Crippen MR) is 144 cm³/mol. The molecule has 1 amide bonds. The molecule has 7 nitrogen and oxygen atoms in total. The molecule has 0 aliphatic carbocycles. The molecule has 2 N–H and O–H groups in total. The minimum Gasteiger partial charge on any atom is -0.387 e. The highest BCUT2D eigenvalue weighted by Gasteiger charge is 2.30. The monoisotopic (exact) mass is 496 g/mol. The van der Waals surface area contributed by atoms with Gasteiger partial charge in [0.1, 0.15) is 5.82 Å². The Morgan fingerprint density at radius 3 is 2.51 bits per heavy atom. The van der Waals surface area contributed by atoms with Gasteiger partial charge in [0.05, 0.1) is 23.6 Å². The Labute approximate surface area is 216 Å². The maximum Gasteiger partial charge on any atom is 0.261 e. The van der Waals surface area contributed by atoms with Crippen LogP contribution in [0.1, 0.15) is 46.3 Å². The van der Waals surface area contributed by atoms with Gasteiger partial charge in [-0.05, 0) is 54.7 Å². The Morgan fingerprint density at radius 2 is 1.76 bits per heavy atom. The summed E-state index contributed by atoms with van der Waals surface area (Å²) >= 11 is 0. The average Bonchev–Trinajstić information content (AvgIpc) is 3.40. The van der Waals surface area contributed by atoms with E-state index >= 15 is 0 Å². The number of aromatic nitrogens is 2. The minimum absolute atomic E-state index is 0.0431. The van der Waals surface area contributed by atoms with Crippen molar-refractivity contribution >= 4 is 16.8 Å². The third-order valence-electron chi connectivity index (χ3n) is 7.28. The first-order chi connectivity index (χ1) is 17.9.